The zero-order valence-corrected chi connectivity index (χ0v) is 11.5. The van der Waals surface area contributed by atoms with Crippen molar-refractivity contribution in [2.75, 3.05) is 7.05 Å². The molecule has 4 heteroatoms. The fourth-order valence-electron chi connectivity index (χ4n) is 2.65. The van der Waals surface area contributed by atoms with Gasteiger partial charge >= 0.3 is 0 Å². The van der Waals surface area contributed by atoms with Gasteiger partial charge in [-0.15, -0.1) is 0 Å². The summed E-state index contributed by atoms with van der Waals surface area (Å²) in [4.78, 5) is 2.55. The normalized spacial score (nSPS) is 16.4. The van der Waals surface area contributed by atoms with E-state index in [2.05, 4.69) is 11.9 Å². The number of hydrogen-bond acceptors (Lipinski definition) is 2. The first-order valence-electron chi connectivity index (χ1n) is 6.36. The third kappa shape index (κ3) is 3.27. The lowest BCUT2D eigenvalue weighted by Gasteiger charge is -2.24. The van der Waals surface area contributed by atoms with Crippen LogP contribution in [-0.4, -0.2) is 23.0 Å². The molecular weight excluding hydrogens is 247 g/mol. The van der Waals surface area contributed by atoms with Gasteiger partial charge in [-0.25, -0.2) is 4.39 Å². The second kappa shape index (κ2) is 5.76. The molecule has 0 aliphatic heterocycles. The van der Waals surface area contributed by atoms with Crippen molar-refractivity contribution in [2.45, 2.75) is 38.3 Å². The Morgan fingerprint density at radius 2 is 2.06 bits per heavy atom. The number of hydrogen-bond donors (Lipinski definition) is 1. The minimum Gasteiger partial charge on any atom is -0.389 e. The van der Waals surface area contributed by atoms with E-state index in [1.807, 2.05) is 6.07 Å². The molecule has 2 N–H and O–H groups in total. The molecule has 0 unspecified atom stereocenters. The maximum Gasteiger partial charge on any atom is 0.124 e. The number of nitrogens with two attached hydrogens (primary N) is 1. The van der Waals surface area contributed by atoms with E-state index < -0.39 is 0 Å². The Balaban J connectivity index is 2.10. The predicted molar refractivity (Wildman–Crippen MR) is 76.0 cm³/mol. The van der Waals surface area contributed by atoms with Crippen LogP contribution in [0.15, 0.2) is 18.2 Å². The first-order chi connectivity index (χ1) is 8.56. The molecule has 0 atom stereocenters. The molecule has 18 heavy (non-hydrogen) atoms. The highest BCUT2D eigenvalue weighted by molar-refractivity contribution is 7.80. The van der Waals surface area contributed by atoms with Crippen molar-refractivity contribution in [2.24, 2.45) is 5.73 Å². The van der Waals surface area contributed by atoms with Crippen molar-refractivity contribution in [3.8, 4) is 0 Å². The molecule has 0 radical (unpaired) electrons. The van der Waals surface area contributed by atoms with Gasteiger partial charge in [0.05, 0.1) is 0 Å². The van der Waals surface area contributed by atoms with E-state index >= 15 is 0 Å². The topological polar surface area (TPSA) is 29.3 Å². The zero-order chi connectivity index (χ0) is 13.1. The lowest BCUT2D eigenvalue weighted by Crippen LogP contribution is -2.28. The fraction of sp³-hybridized carbons (Fsp3) is 0.500. The van der Waals surface area contributed by atoms with Crippen LogP contribution in [-0.2, 0) is 6.54 Å². The molecule has 98 valence electrons. The molecule has 1 saturated carbocycles. The lowest BCUT2D eigenvalue weighted by atomic mass is 10.1. The molecule has 0 amide bonds. The molecule has 0 spiro atoms. The summed E-state index contributed by atoms with van der Waals surface area (Å²) in [6.07, 6.45) is 5.09. The van der Waals surface area contributed by atoms with Crippen molar-refractivity contribution in [3.63, 3.8) is 0 Å². The van der Waals surface area contributed by atoms with E-state index in [9.17, 15) is 4.39 Å². The number of rotatable bonds is 4. The maximum absolute atomic E-state index is 13.5. The molecule has 1 aliphatic carbocycles. The number of thiocarbonyl (C=S) groups is 1. The van der Waals surface area contributed by atoms with E-state index in [-0.39, 0.29) is 10.8 Å². The molecule has 0 heterocycles. The number of nitrogens with zero attached hydrogens (tertiary/aromatic N) is 1. The third-order valence-corrected chi connectivity index (χ3v) is 3.86. The Hall–Kier alpha value is -1.00. The minimum absolute atomic E-state index is 0.249. The largest absolute Gasteiger partial charge is 0.389 e. The fourth-order valence-corrected chi connectivity index (χ4v) is 2.76. The van der Waals surface area contributed by atoms with Gasteiger partial charge in [0, 0.05) is 18.2 Å². The Morgan fingerprint density at radius 3 is 2.67 bits per heavy atom. The third-order valence-electron chi connectivity index (χ3n) is 3.62. The van der Waals surface area contributed by atoms with E-state index in [0.717, 1.165) is 12.1 Å². The summed E-state index contributed by atoms with van der Waals surface area (Å²) in [5.74, 6) is -0.268. The van der Waals surface area contributed by atoms with E-state index in [4.69, 9.17) is 18.0 Å². The highest BCUT2D eigenvalue weighted by atomic mass is 32.1. The second-order valence-corrected chi connectivity index (χ2v) is 5.51. The SMILES string of the molecule is CN(Cc1cc(F)cc(C(N)=S)c1)C1CCCC1. The van der Waals surface area contributed by atoms with Crippen LogP contribution in [0.4, 0.5) is 4.39 Å². The lowest BCUT2D eigenvalue weighted by molar-refractivity contribution is 0.237. The van der Waals surface area contributed by atoms with Crippen LogP contribution in [0.25, 0.3) is 0 Å². The van der Waals surface area contributed by atoms with E-state index in [1.165, 1.54) is 31.7 Å². The van der Waals surface area contributed by atoms with E-state index in [1.54, 1.807) is 6.07 Å². The van der Waals surface area contributed by atoms with Gasteiger partial charge in [0.2, 0.25) is 0 Å². The summed E-state index contributed by atoms with van der Waals surface area (Å²) in [7, 11) is 2.10. The molecule has 0 saturated heterocycles. The summed E-state index contributed by atoms with van der Waals surface area (Å²) in [5, 5.41) is 0. The molecule has 1 aliphatic rings. The second-order valence-electron chi connectivity index (χ2n) is 5.07. The van der Waals surface area contributed by atoms with Crippen LogP contribution in [0.1, 0.15) is 36.8 Å². The van der Waals surface area contributed by atoms with Gasteiger partial charge in [0.15, 0.2) is 0 Å². The summed E-state index contributed by atoms with van der Waals surface area (Å²) >= 11 is 4.90. The van der Waals surface area contributed by atoms with Crippen molar-refractivity contribution < 1.29 is 4.39 Å². The van der Waals surface area contributed by atoms with E-state index in [0.29, 0.717) is 11.6 Å². The summed E-state index contributed by atoms with van der Waals surface area (Å²) in [6, 6.07) is 5.47. The quantitative estimate of drug-likeness (QED) is 0.850. The highest BCUT2D eigenvalue weighted by Crippen LogP contribution is 2.24. The molecule has 1 aromatic carbocycles. The van der Waals surface area contributed by atoms with Crippen LogP contribution >= 0.6 is 12.2 Å². The van der Waals surface area contributed by atoms with Crippen LogP contribution in [0.2, 0.25) is 0 Å². The Bertz CT molecular complexity index is 441. The van der Waals surface area contributed by atoms with Crippen molar-refractivity contribution in [1.29, 1.82) is 0 Å². The van der Waals surface area contributed by atoms with Gasteiger partial charge < -0.3 is 5.73 Å². The van der Waals surface area contributed by atoms with Gasteiger partial charge in [-0.3, -0.25) is 4.90 Å². The molecule has 2 rings (SSSR count). The number of halogens is 1. The van der Waals surface area contributed by atoms with Gasteiger partial charge in [-0.1, -0.05) is 25.1 Å². The maximum atomic E-state index is 13.5. The molecular formula is C14H19FN2S. The van der Waals surface area contributed by atoms with Gasteiger partial charge in [-0.05, 0) is 43.7 Å². The smallest absolute Gasteiger partial charge is 0.124 e. The first kappa shape index (κ1) is 13.4. The van der Waals surface area contributed by atoms with Gasteiger partial charge in [0.1, 0.15) is 10.8 Å². The molecule has 1 fully saturated rings. The molecule has 1 aromatic rings. The first-order valence-corrected chi connectivity index (χ1v) is 6.76. The number of benzene rings is 1. The van der Waals surface area contributed by atoms with Crippen LogP contribution in [0, 0.1) is 5.82 Å². The van der Waals surface area contributed by atoms with Gasteiger partial charge in [0.25, 0.3) is 0 Å². The summed E-state index contributed by atoms with van der Waals surface area (Å²) in [6.45, 7) is 0.748. The molecule has 2 nitrogen and oxygen atoms in total. The zero-order valence-electron chi connectivity index (χ0n) is 10.7. The van der Waals surface area contributed by atoms with Crippen molar-refractivity contribution in [3.05, 3.63) is 35.1 Å². The summed E-state index contributed by atoms with van der Waals surface area (Å²) < 4.78 is 13.5. The monoisotopic (exact) mass is 266 g/mol. The van der Waals surface area contributed by atoms with Crippen LogP contribution in [0.5, 0.6) is 0 Å². The summed E-state index contributed by atoms with van der Waals surface area (Å²) in [5.41, 5.74) is 7.10. The average molecular weight is 266 g/mol. The predicted octanol–water partition coefficient (Wildman–Crippen LogP) is 2.83. The Kier molecular flexibility index (Phi) is 4.30. The van der Waals surface area contributed by atoms with Crippen LogP contribution < -0.4 is 5.73 Å². The standard InChI is InChI=1S/C14H19FN2S/c1-17(13-4-2-3-5-13)9-10-6-11(14(16)18)8-12(15)7-10/h6-8,13H,2-5,9H2,1H3,(H2,16,18). The van der Waals surface area contributed by atoms with Crippen molar-refractivity contribution >= 4 is 17.2 Å². The Morgan fingerprint density at radius 1 is 1.39 bits per heavy atom. The van der Waals surface area contributed by atoms with Gasteiger partial charge in [-0.2, -0.15) is 0 Å². The highest BCUT2D eigenvalue weighted by Gasteiger charge is 2.19. The van der Waals surface area contributed by atoms with Crippen LogP contribution in [0.3, 0.4) is 0 Å². The molecule has 0 bridgehead atoms. The minimum atomic E-state index is -0.268. The average Bonchev–Trinajstić information content (AvgIpc) is 2.81. The van der Waals surface area contributed by atoms with Crippen molar-refractivity contribution in [1.82, 2.24) is 4.90 Å². The molecule has 0 aromatic heterocycles. The Labute approximate surface area is 113 Å².